The number of aromatic hydroxyl groups is 1. The monoisotopic (exact) mass is 737 g/mol. The third-order valence-electron chi connectivity index (χ3n) is 7.59. The molecule has 4 aromatic carbocycles. The molecule has 7 rings (SSSR count). The van der Waals surface area contributed by atoms with Gasteiger partial charge in [-0.3, -0.25) is 9.97 Å². The molecule has 0 radical (unpaired) electrons. The average Bonchev–Trinajstić information content (AvgIpc) is 3.42. The molecule has 1 N–H and O–H groups in total. The van der Waals surface area contributed by atoms with Gasteiger partial charge in [0.15, 0.2) is 0 Å². The minimum atomic E-state index is 0. The van der Waals surface area contributed by atoms with E-state index in [0.29, 0.717) is 11.3 Å². The first-order chi connectivity index (χ1) is 20.5. The van der Waals surface area contributed by atoms with Crippen LogP contribution >= 0.6 is 0 Å². The van der Waals surface area contributed by atoms with Gasteiger partial charge >= 0.3 is 0 Å². The van der Waals surface area contributed by atoms with Crippen molar-refractivity contribution in [1.29, 1.82) is 0 Å². The Labute approximate surface area is 265 Å². The van der Waals surface area contributed by atoms with E-state index >= 15 is 0 Å². The summed E-state index contributed by atoms with van der Waals surface area (Å²) in [7, 11) is 0. The molecule has 0 atom stereocenters. The van der Waals surface area contributed by atoms with Gasteiger partial charge in [0.2, 0.25) is 0 Å². The summed E-state index contributed by atoms with van der Waals surface area (Å²) in [4.78, 5) is 10.1. The number of imidazole rings is 1. The number of rotatable bonds is 5. The van der Waals surface area contributed by atoms with Crippen molar-refractivity contribution < 1.29 is 26.2 Å². The maximum atomic E-state index is 11.0. The number of hydrogen-bond donors (Lipinski definition) is 1. The molecular weight excluding hydrogens is 710 g/mol. The topological polar surface area (TPSA) is 50.4 Å². The smallest absolute Gasteiger partial charge is 0.129 e. The van der Waals surface area contributed by atoms with E-state index in [1.165, 1.54) is 5.56 Å². The molecule has 4 nitrogen and oxygen atoms in total. The number of phenolic OH excluding ortho intramolecular Hbond substituents is 1. The summed E-state index contributed by atoms with van der Waals surface area (Å²) in [6, 6.07) is 44.5. The Hall–Kier alpha value is -4.79. The van der Waals surface area contributed by atoms with Crippen LogP contribution in [0, 0.1) is 19.9 Å². The van der Waals surface area contributed by atoms with Gasteiger partial charge in [-0.1, -0.05) is 95.6 Å². The molecule has 212 valence electrons. The van der Waals surface area contributed by atoms with Crippen molar-refractivity contribution in [3.8, 4) is 61.9 Å². The minimum Gasteiger partial charge on any atom is -0.507 e. The molecule has 0 aliphatic carbocycles. The van der Waals surface area contributed by atoms with Gasteiger partial charge in [0.05, 0.1) is 5.69 Å². The van der Waals surface area contributed by atoms with Crippen molar-refractivity contribution in [2.45, 2.75) is 13.8 Å². The van der Waals surface area contributed by atoms with Crippen molar-refractivity contribution in [2.75, 3.05) is 0 Å². The molecule has 0 aliphatic rings. The van der Waals surface area contributed by atoms with Crippen LogP contribution < -0.4 is 0 Å². The molecule has 43 heavy (non-hydrogen) atoms. The first-order valence-electron chi connectivity index (χ1n) is 14.0. The van der Waals surface area contributed by atoms with Crippen LogP contribution in [0.2, 0.25) is 0 Å². The first kappa shape index (κ1) is 28.3. The number of aromatic nitrogens is 3. The largest absolute Gasteiger partial charge is 0.507 e. The second kappa shape index (κ2) is 11.8. The van der Waals surface area contributed by atoms with Crippen molar-refractivity contribution >= 4 is 5.65 Å². The summed E-state index contributed by atoms with van der Waals surface area (Å²) in [5.74, 6) is 0.243. The molecule has 0 fully saturated rings. The molecule has 0 amide bonds. The maximum Gasteiger partial charge on any atom is 0.129 e. The molecule has 0 aliphatic heterocycles. The fourth-order valence-electron chi connectivity index (χ4n) is 5.48. The number of nitrogens with zero attached hydrogens (tertiary/aromatic N) is 3. The number of phenols is 1. The van der Waals surface area contributed by atoms with Crippen molar-refractivity contribution in [3.63, 3.8) is 0 Å². The van der Waals surface area contributed by atoms with Crippen LogP contribution in [-0.2, 0) is 21.1 Å². The van der Waals surface area contributed by atoms with E-state index < -0.39 is 0 Å². The van der Waals surface area contributed by atoms with E-state index in [1.807, 2.05) is 85.9 Å². The number of fused-ring (bicyclic) bond motifs is 1. The second-order valence-corrected chi connectivity index (χ2v) is 10.5. The Balaban J connectivity index is 0.00000329. The molecule has 7 aromatic rings. The minimum absolute atomic E-state index is 0. The van der Waals surface area contributed by atoms with E-state index in [4.69, 9.17) is 9.97 Å². The fourth-order valence-corrected chi connectivity index (χ4v) is 5.48. The van der Waals surface area contributed by atoms with Crippen LogP contribution in [0.4, 0.5) is 0 Å². The van der Waals surface area contributed by atoms with Gasteiger partial charge in [-0.15, -0.1) is 24.3 Å². The number of benzene rings is 4. The van der Waals surface area contributed by atoms with Crippen molar-refractivity contribution in [3.05, 3.63) is 145 Å². The number of para-hydroxylation sites is 1. The van der Waals surface area contributed by atoms with Gasteiger partial charge in [-0.2, -0.15) is 0 Å². The van der Waals surface area contributed by atoms with Gasteiger partial charge in [0.25, 0.3) is 0 Å². The molecule has 0 spiro atoms. The van der Waals surface area contributed by atoms with E-state index in [0.717, 1.165) is 56.1 Å². The van der Waals surface area contributed by atoms with Gasteiger partial charge < -0.3 is 9.51 Å². The van der Waals surface area contributed by atoms with Gasteiger partial charge in [0.1, 0.15) is 11.4 Å². The predicted octanol–water partition coefficient (Wildman–Crippen LogP) is 9.18. The summed E-state index contributed by atoms with van der Waals surface area (Å²) in [6.07, 6.45) is 2.05. The zero-order valence-corrected chi connectivity index (χ0v) is 26.0. The standard InChI is InChI=1S/C38H28N3O.Pt/c1-25-11-8-15-28(21-25)31-23-33(39-34(24-31)32-18-9-12-26(2)38(32)42)29-16-10-17-30(22-29)36-37(27-13-4-3-5-14-27)41-20-7-6-19-35(41)40-36;/h3-21,23-24,42H,1-2H3;/q-1;. The summed E-state index contributed by atoms with van der Waals surface area (Å²) in [5.41, 5.74) is 11.9. The quantitative estimate of drug-likeness (QED) is 0.179. The Morgan fingerprint density at radius 2 is 1.35 bits per heavy atom. The van der Waals surface area contributed by atoms with Crippen LogP contribution in [0.1, 0.15) is 11.1 Å². The number of aryl methyl sites for hydroxylation is 2. The van der Waals surface area contributed by atoms with Crippen LogP contribution in [-0.4, -0.2) is 19.5 Å². The fraction of sp³-hybridized carbons (Fsp3) is 0.0526. The van der Waals surface area contributed by atoms with Crippen LogP contribution in [0.3, 0.4) is 0 Å². The molecule has 0 saturated heterocycles. The number of pyridine rings is 2. The van der Waals surface area contributed by atoms with Crippen molar-refractivity contribution in [2.24, 2.45) is 0 Å². The molecular formula is C38H28N3OPt-. The number of hydrogen-bond acceptors (Lipinski definition) is 3. The molecule has 0 unspecified atom stereocenters. The second-order valence-electron chi connectivity index (χ2n) is 10.5. The average molecular weight is 738 g/mol. The third kappa shape index (κ3) is 5.42. The Morgan fingerprint density at radius 3 is 2.19 bits per heavy atom. The van der Waals surface area contributed by atoms with E-state index in [2.05, 4.69) is 65.9 Å². The normalized spacial score (nSPS) is 10.9. The Kier molecular flexibility index (Phi) is 7.80. The predicted molar refractivity (Wildman–Crippen MR) is 170 cm³/mol. The molecule has 3 heterocycles. The molecule has 0 saturated carbocycles. The van der Waals surface area contributed by atoms with Gasteiger partial charge in [0, 0.05) is 49.9 Å². The van der Waals surface area contributed by atoms with E-state index in [1.54, 1.807) is 0 Å². The van der Waals surface area contributed by atoms with Gasteiger partial charge in [-0.25, -0.2) is 0 Å². The Bertz CT molecular complexity index is 2080. The maximum absolute atomic E-state index is 11.0. The summed E-state index contributed by atoms with van der Waals surface area (Å²) >= 11 is 0. The van der Waals surface area contributed by atoms with Crippen LogP contribution in [0.25, 0.3) is 61.8 Å². The van der Waals surface area contributed by atoms with Gasteiger partial charge in [-0.05, 0) is 60.4 Å². The third-order valence-corrected chi connectivity index (χ3v) is 7.59. The zero-order valence-electron chi connectivity index (χ0n) is 23.7. The zero-order chi connectivity index (χ0) is 28.6. The van der Waals surface area contributed by atoms with E-state index in [9.17, 15) is 5.11 Å². The Morgan fingerprint density at radius 1 is 0.628 bits per heavy atom. The summed E-state index contributed by atoms with van der Waals surface area (Å²) < 4.78 is 2.13. The van der Waals surface area contributed by atoms with Crippen LogP contribution in [0.15, 0.2) is 128 Å². The molecule has 5 heteroatoms. The summed E-state index contributed by atoms with van der Waals surface area (Å²) in [6.45, 7) is 4.00. The first-order valence-corrected chi connectivity index (χ1v) is 14.0. The molecule has 0 bridgehead atoms. The van der Waals surface area contributed by atoms with Crippen molar-refractivity contribution in [1.82, 2.24) is 14.4 Å². The summed E-state index contributed by atoms with van der Waals surface area (Å²) in [5, 5.41) is 11.0. The van der Waals surface area contributed by atoms with E-state index in [-0.39, 0.29) is 26.8 Å². The van der Waals surface area contributed by atoms with Crippen LogP contribution in [0.5, 0.6) is 5.75 Å². The SMILES string of the molecule is Cc1cccc(-c2cc(-c3[c-]c(-c4nc5ccccn5c4-c4ccccc4)ccc3)nc(-c3cccc(C)c3O)c2)c1.[Pt]. The molecule has 3 aromatic heterocycles.